The molecule has 2 aliphatic heterocycles. The average Bonchev–Trinajstić information content (AvgIpc) is 2.23. The zero-order valence-electron chi connectivity index (χ0n) is 10.2. The highest BCUT2D eigenvalue weighted by Crippen LogP contribution is 2.39. The SMILES string of the molecule is CC(O)CNCCN1CC2(CCOCC2)C1. The van der Waals surface area contributed by atoms with Crippen LogP contribution in [0.5, 0.6) is 0 Å². The van der Waals surface area contributed by atoms with Crippen LogP contribution < -0.4 is 5.32 Å². The smallest absolute Gasteiger partial charge is 0.0636 e. The van der Waals surface area contributed by atoms with E-state index < -0.39 is 0 Å². The van der Waals surface area contributed by atoms with Crippen molar-refractivity contribution in [2.24, 2.45) is 5.41 Å². The lowest BCUT2D eigenvalue weighted by molar-refractivity contribution is -0.0797. The number of hydrogen-bond acceptors (Lipinski definition) is 4. The molecule has 2 heterocycles. The van der Waals surface area contributed by atoms with E-state index in [-0.39, 0.29) is 6.10 Å². The molecule has 94 valence electrons. The molecule has 2 fully saturated rings. The summed E-state index contributed by atoms with van der Waals surface area (Å²) in [6.45, 7) is 8.99. The largest absolute Gasteiger partial charge is 0.392 e. The van der Waals surface area contributed by atoms with Crippen molar-refractivity contribution in [2.45, 2.75) is 25.9 Å². The molecule has 0 aliphatic carbocycles. The Morgan fingerprint density at radius 1 is 1.38 bits per heavy atom. The van der Waals surface area contributed by atoms with Gasteiger partial charge >= 0.3 is 0 Å². The molecule has 0 aromatic rings. The summed E-state index contributed by atoms with van der Waals surface area (Å²) in [7, 11) is 0. The van der Waals surface area contributed by atoms with Gasteiger partial charge in [-0.15, -0.1) is 0 Å². The molecule has 4 heteroatoms. The molecule has 0 saturated carbocycles. The number of nitrogens with zero attached hydrogens (tertiary/aromatic N) is 1. The second-order valence-electron chi connectivity index (χ2n) is 5.38. The van der Waals surface area contributed by atoms with Crippen molar-refractivity contribution in [1.82, 2.24) is 10.2 Å². The molecule has 0 amide bonds. The van der Waals surface area contributed by atoms with Crippen LogP contribution in [0.1, 0.15) is 19.8 Å². The lowest BCUT2D eigenvalue weighted by atomic mass is 9.73. The van der Waals surface area contributed by atoms with E-state index in [1.165, 1.54) is 25.9 Å². The first-order valence-electron chi connectivity index (χ1n) is 6.39. The molecule has 0 aromatic heterocycles. The summed E-state index contributed by atoms with van der Waals surface area (Å²) in [6.07, 6.45) is 2.24. The standard InChI is InChI=1S/C12H24N2O2/c1-11(15)8-13-4-5-14-9-12(10-14)2-6-16-7-3-12/h11,13,15H,2-10H2,1H3. The second-order valence-corrected chi connectivity index (χ2v) is 5.38. The molecule has 2 saturated heterocycles. The van der Waals surface area contributed by atoms with E-state index in [2.05, 4.69) is 10.2 Å². The summed E-state index contributed by atoms with van der Waals surface area (Å²) in [4.78, 5) is 2.50. The molecule has 4 nitrogen and oxygen atoms in total. The molecular weight excluding hydrogens is 204 g/mol. The lowest BCUT2D eigenvalue weighted by Crippen LogP contribution is -2.59. The van der Waals surface area contributed by atoms with E-state index in [0.717, 1.165) is 26.3 Å². The Hall–Kier alpha value is -0.160. The monoisotopic (exact) mass is 228 g/mol. The summed E-state index contributed by atoms with van der Waals surface area (Å²) in [5.41, 5.74) is 0.586. The van der Waals surface area contributed by atoms with Crippen LogP contribution in [0.2, 0.25) is 0 Å². The fourth-order valence-electron chi connectivity index (χ4n) is 2.73. The van der Waals surface area contributed by atoms with Gasteiger partial charge in [0.05, 0.1) is 6.10 Å². The van der Waals surface area contributed by atoms with Gasteiger partial charge in [-0.2, -0.15) is 0 Å². The number of likely N-dealkylation sites (tertiary alicyclic amines) is 1. The van der Waals surface area contributed by atoms with E-state index in [9.17, 15) is 0 Å². The molecule has 0 aromatic carbocycles. The van der Waals surface area contributed by atoms with Crippen LogP contribution in [0.4, 0.5) is 0 Å². The van der Waals surface area contributed by atoms with E-state index in [1.54, 1.807) is 0 Å². The maximum atomic E-state index is 9.10. The van der Waals surface area contributed by atoms with Gasteiger partial charge in [0, 0.05) is 51.4 Å². The first-order valence-corrected chi connectivity index (χ1v) is 6.39. The lowest BCUT2D eigenvalue weighted by Gasteiger charge is -2.52. The Morgan fingerprint density at radius 3 is 2.69 bits per heavy atom. The molecule has 16 heavy (non-hydrogen) atoms. The van der Waals surface area contributed by atoms with Gasteiger partial charge in [-0.1, -0.05) is 0 Å². The quantitative estimate of drug-likeness (QED) is 0.654. The zero-order chi connectivity index (χ0) is 11.4. The van der Waals surface area contributed by atoms with Gasteiger partial charge in [-0.25, -0.2) is 0 Å². The zero-order valence-corrected chi connectivity index (χ0v) is 10.2. The summed E-state index contributed by atoms with van der Waals surface area (Å²) in [5, 5.41) is 12.4. The molecule has 2 rings (SSSR count). The van der Waals surface area contributed by atoms with Crippen LogP contribution in [0.3, 0.4) is 0 Å². The predicted octanol–water partition coefficient (Wildman–Crippen LogP) is 0.0692. The molecule has 2 aliphatic rings. The van der Waals surface area contributed by atoms with Crippen LogP contribution in [0.15, 0.2) is 0 Å². The number of aliphatic hydroxyl groups is 1. The van der Waals surface area contributed by atoms with Crippen molar-refractivity contribution in [2.75, 3.05) is 45.9 Å². The van der Waals surface area contributed by atoms with Crippen LogP contribution in [-0.2, 0) is 4.74 Å². The first kappa shape index (κ1) is 12.3. The number of rotatable bonds is 5. The molecule has 1 atom stereocenters. The van der Waals surface area contributed by atoms with Crippen molar-refractivity contribution in [3.63, 3.8) is 0 Å². The summed E-state index contributed by atoms with van der Waals surface area (Å²) in [5.74, 6) is 0. The number of aliphatic hydroxyl groups excluding tert-OH is 1. The van der Waals surface area contributed by atoms with Gasteiger partial charge < -0.3 is 20.1 Å². The maximum Gasteiger partial charge on any atom is 0.0636 e. The molecular formula is C12H24N2O2. The Bertz CT molecular complexity index is 207. The third kappa shape index (κ3) is 3.17. The predicted molar refractivity (Wildman–Crippen MR) is 63.5 cm³/mol. The van der Waals surface area contributed by atoms with Crippen LogP contribution in [0.25, 0.3) is 0 Å². The third-order valence-corrected chi connectivity index (χ3v) is 3.72. The van der Waals surface area contributed by atoms with Crippen molar-refractivity contribution in [3.8, 4) is 0 Å². The van der Waals surface area contributed by atoms with E-state index in [4.69, 9.17) is 9.84 Å². The summed E-state index contributed by atoms with van der Waals surface area (Å²) >= 11 is 0. The van der Waals surface area contributed by atoms with E-state index in [1.807, 2.05) is 6.92 Å². The van der Waals surface area contributed by atoms with Crippen LogP contribution in [0, 0.1) is 5.41 Å². The first-order chi connectivity index (χ1) is 7.70. The van der Waals surface area contributed by atoms with Crippen molar-refractivity contribution in [3.05, 3.63) is 0 Å². The van der Waals surface area contributed by atoms with Gasteiger partial charge in [0.15, 0.2) is 0 Å². The number of hydrogen-bond donors (Lipinski definition) is 2. The van der Waals surface area contributed by atoms with Crippen LogP contribution >= 0.6 is 0 Å². The van der Waals surface area contributed by atoms with Crippen molar-refractivity contribution >= 4 is 0 Å². The van der Waals surface area contributed by atoms with Gasteiger partial charge in [-0.05, 0) is 19.8 Å². The fourth-order valence-corrected chi connectivity index (χ4v) is 2.73. The third-order valence-electron chi connectivity index (χ3n) is 3.72. The summed E-state index contributed by atoms with van der Waals surface area (Å²) in [6, 6.07) is 0. The van der Waals surface area contributed by atoms with Crippen molar-refractivity contribution < 1.29 is 9.84 Å². The Balaban J connectivity index is 1.54. The van der Waals surface area contributed by atoms with E-state index in [0.29, 0.717) is 12.0 Å². The Kier molecular flexibility index (Phi) is 4.19. The van der Waals surface area contributed by atoms with Gasteiger partial charge in [0.25, 0.3) is 0 Å². The maximum absolute atomic E-state index is 9.10. The normalized spacial score (nSPS) is 26.6. The van der Waals surface area contributed by atoms with Crippen molar-refractivity contribution in [1.29, 1.82) is 0 Å². The molecule has 0 bridgehead atoms. The summed E-state index contributed by atoms with van der Waals surface area (Å²) < 4.78 is 5.40. The van der Waals surface area contributed by atoms with Crippen LogP contribution in [-0.4, -0.2) is 62.0 Å². The van der Waals surface area contributed by atoms with Gasteiger partial charge in [-0.3, -0.25) is 0 Å². The molecule has 1 unspecified atom stereocenters. The second kappa shape index (κ2) is 5.45. The Morgan fingerprint density at radius 2 is 2.06 bits per heavy atom. The highest BCUT2D eigenvalue weighted by atomic mass is 16.5. The van der Waals surface area contributed by atoms with Gasteiger partial charge in [0.2, 0.25) is 0 Å². The molecule has 2 N–H and O–H groups in total. The van der Waals surface area contributed by atoms with E-state index >= 15 is 0 Å². The minimum atomic E-state index is -0.238. The minimum absolute atomic E-state index is 0.238. The Labute approximate surface area is 98.0 Å². The topological polar surface area (TPSA) is 44.7 Å². The minimum Gasteiger partial charge on any atom is -0.392 e. The highest BCUT2D eigenvalue weighted by Gasteiger charge is 2.43. The highest BCUT2D eigenvalue weighted by molar-refractivity contribution is 4.96. The number of ether oxygens (including phenoxy) is 1. The fraction of sp³-hybridized carbons (Fsp3) is 1.00. The number of nitrogens with one attached hydrogen (secondary N) is 1. The molecule has 0 radical (unpaired) electrons. The van der Waals surface area contributed by atoms with Gasteiger partial charge in [0.1, 0.15) is 0 Å². The molecule has 1 spiro atoms. The average molecular weight is 228 g/mol.